The van der Waals surface area contributed by atoms with Gasteiger partial charge in [0.25, 0.3) is 0 Å². The van der Waals surface area contributed by atoms with Crippen molar-refractivity contribution < 1.29 is 14.3 Å². The maximum absolute atomic E-state index is 12.0. The Labute approximate surface area is 146 Å². The Morgan fingerprint density at radius 1 is 1.42 bits per heavy atom. The highest BCUT2D eigenvalue weighted by molar-refractivity contribution is 6.31. The van der Waals surface area contributed by atoms with Crippen LogP contribution in [-0.2, 0) is 27.1 Å². The fourth-order valence-electron chi connectivity index (χ4n) is 3.35. The zero-order valence-corrected chi connectivity index (χ0v) is 14.8. The second kappa shape index (κ2) is 7.55. The minimum absolute atomic E-state index is 0.0749. The van der Waals surface area contributed by atoms with Gasteiger partial charge >= 0.3 is 0 Å². The molecule has 0 saturated carbocycles. The van der Waals surface area contributed by atoms with Crippen molar-refractivity contribution in [2.75, 3.05) is 26.9 Å². The molecule has 130 valence electrons. The fourth-order valence-corrected chi connectivity index (χ4v) is 3.62. The van der Waals surface area contributed by atoms with Gasteiger partial charge < -0.3 is 19.8 Å². The molecule has 0 saturated heterocycles. The van der Waals surface area contributed by atoms with Crippen molar-refractivity contribution in [1.82, 2.24) is 10.3 Å². The van der Waals surface area contributed by atoms with Crippen LogP contribution in [0.25, 0.3) is 10.9 Å². The molecule has 3 rings (SSSR count). The van der Waals surface area contributed by atoms with Crippen molar-refractivity contribution in [3.05, 3.63) is 34.0 Å². The molecule has 2 aromatic rings. The van der Waals surface area contributed by atoms with E-state index in [-0.39, 0.29) is 18.6 Å². The van der Waals surface area contributed by atoms with E-state index in [4.69, 9.17) is 21.1 Å². The summed E-state index contributed by atoms with van der Waals surface area (Å²) in [5.41, 5.74) is 4.84. The number of amides is 1. The predicted octanol–water partition coefficient (Wildman–Crippen LogP) is 2.77. The molecule has 1 aromatic carbocycles. The van der Waals surface area contributed by atoms with Gasteiger partial charge in [0.15, 0.2) is 0 Å². The van der Waals surface area contributed by atoms with E-state index in [9.17, 15) is 4.79 Å². The van der Waals surface area contributed by atoms with Crippen LogP contribution < -0.4 is 5.32 Å². The number of fused-ring (bicyclic) bond motifs is 3. The van der Waals surface area contributed by atoms with Crippen LogP contribution in [0.1, 0.15) is 23.2 Å². The van der Waals surface area contributed by atoms with Gasteiger partial charge in [0.2, 0.25) is 5.91 Å². The number of hydrogen-bond donors (Lipinski definition) is 2. The van der Waals surface area contributed by atoms with Gasteiger partial charge in [-0.25, -0.2) is 0 Å². The molecule has 1 unspecified atom stereocenters. The molecule has 5 nitrogen and oxygen atoms in total. The molecule has 0 radical (unpaired) electrons. The average molecular weight is 351 g/mol. The van der Waals surface area contributed by atoms with Crippen LogP contribution in [0.3, 0.4) is 0 Å². The SMILES string of the molecule is COCCOCC(=O)NC1CCc2[nH]c3c(C)cc(Cl)cc3c2C1. The fraction of sp³-hybridized carbons (Fsp3) is 0.500. The molecular weight excluding hydrogens is 328 g/mol. The van der Waals surface area contributed by atoms with Crippen molar-refractivity contribution in [2.24, 2.45) is 0 Å². The maximum Gasteiger partial charge on any atom is 0.246 e. The van der Waals surface area contributed by atoms with Crippen LogP contribution in [-0.4, -0.2) is 43.9 Å². The Morgan fingerprint density at radius 2 is 2.25 bits per heavy atom. The molecule has 1 heterocycles. The first-order chi connectivity index (χ1) is 11.6. The number of halogens is 1. The summed E-state index contributed by atoms with van der Waals surface area (Å²) in [5.74, 6) is -0.0754. The molecule has 1 aliphatic carbocycles. The normalized spacial score (nSPS) is 17.0. The first-order valence-corrected chi connectivity index (χ1v) is 8.62. The molecular formula is C18H23ClN2O3. The second-order valence-corrected chi connectivity index (χ2v) is 6.72. The van der Waals surface area contributed by atoms with Gasteiger partial charge in [-0.1, -0.05) is 11.6 Å². The standard InChI is InChI=1S/C18H23ClN2O3/c1-11-7-12(19)8-15-14-9-13(3-4-16(14)21-18(11)15)20-17(22)10-24-6-5-23-2/h7-8,13,21H,3-6,9-10H2,1-2H3,(H,20,22). The zero-order valence-electron chi connectivity index (χ0n) is 14.1. The molecule has 24 heavy (non-hydrogen) atoms. The number of carbonyl (C=O) groups is 1. The number of aryl methyl sites for hydroxylation is 2. The van der Waals surface area contributed by atoms with Crippen molar-refractivity contribution in [3.63, 3.8) is 0 Å². The Bertz CT molecular complexity index is 741. The van der Waals surface area contributed by atoms with E-state index in [2.05, 4.69) is 17.2 Å². The van der Waals surface area contributed by atoms with Gasteiger partial charge in [-0.05, 0) is 49.4 Å². The number of rotatable bonds is 6. The molecule has 6 heteroatoms. The molecule has 2 N–H and O–H groups in total. The Kier molecular flexibility index (Phi) is 5.43. The maximum atomic E-state index is 12.0. The Balaban J connectivity index is 1.67. The largest absolute Gasteiger partial charge is 0.382 e. The molecule has 0 aliphatic heterocycles. The van der Waals surface area contributed by atoms with Crippen LogP contribution in [0.4, 0.5) is 0 Å². The van der Waals surface area contributed by atoms with E-state index in [0.29, 0.717) is 13.2 Å². The minimum Gasteiger partial charge on any atom is -0.382 e. The lowest BCUT2D eigenvalue weighted by molar-refractivity contribution is -0.126. The van der Waals surface area contributed by atoms with E-state index < -0.39 is 0 Å². The quantitative estimate of drug-likeness (QED) is 0.787. The summed E-state index contributed by atoms with van der Waals surface area (Å²) in [6.07, 6.45) is 2.67. The van der Waals surface area contributed by atoms with E-state index in [1.807, 2.05) is 12.1 Å². The third-order valence-corrected chi connectivity index (χ3v) is 4.71. The first kappa shape index (κ1) is 17.3. The summed E-state index contributed by atoms with van der Waals surface area (Å²) in [6, 6.07) is 4.12. The molecule has 0 bridgehead atoms. The van der Waals surface area contributed by atoms with Crippen LogP contribution in [0.15, 0.2) is 12.1 Å². The number of ether oxygens (including phenoxy) is 2. The monoisotopic (exact) mass is 350 g/mol. The number of nitrogens with one attached hydrogen (secondary N) is 2. The number of H-pyrrole nitrogens is 1. The average Bonchev–Trinajstić information content (AvgIpc) is 2.90. The van der Waals surface area contributed by atoms with Gasteiger partial charge in [0.05, 0.1) is 13.2 Å². The summed E-state index contributed by atoms with van der Waals surface area (Å²) in [4.78, 5) is 15.5. The summed E-state index contributed by atoms with van der Waals surface area (Å²) >= 11 is 6.22. The van der Waals surface area contributed by atoms with E-state index in [1.165, 1.54) is 16.6 Å². The minimum atomic E-state index is -0.0754. The zero-order chi connectivity index (χ0) is 17.1. The van der Waals surface area contributed by atoms with Crippen LogP contribution in [0.2, 0.25) is 5.02 Å². The lowest BCUT2D eigenvalue weighted by Gasteiger charge is -2.23. The van der Waals surface area contributed by atoms with E-state index in [0.717, 1.165) is 35.4 Å². The van der Waals surface area contributed by atoms with Gasteiger partial charge in [0, 0.05) is 34.8 Å². The van der Waals surface area contributed by atoms with Crippen molar-refractivity contribution in [2.45, 2.75) is 32.2 Å². The molecule has 1 amide bonds. The molecule has 1 aromatic heterocycles. The molecule has 1 atom stereocenters. The van der Waals surface area contributed by atoms with Gasteiger partial charge in [0.1, 0.15) is 6.61 Å². The van der Waals surface area contributed by atoms with E-state index in [1.54, 1.807) is 7.11 Å². The third-order valence-electron chi connectivity index (χ3n) is 4.49. The Morgan fingerprint density at radius 3 is 3.04 bits per heavy atom. The smallest absolute Gasteiger partial charge is 0.246 e. The van der Waals surface area contributed by atoms with Crippen LogP contribution in [0.5, 0.6) is 0 Å². The molecule has 0 spiro atoms. The molecule has 1 aliphatic rings. The highest BCUT2D eigenvalue weighted by Gasteiger charge is 2.24. The van der Waals surface area contributed by atoms with E-state index >= 15 is 0 Å². The van der Waals surface area contributed by atoms with Gasteiger partial charge in [-0.3, -0.25) is 4.79 Å². The van der Waals surface area contributed by atoms with Crippen molar-refractivity contribution in [3.8, 4) is 0 Å². The van der Waals surface area contributed by atoms with Crippen molar-refractivity contribution >= 4 is 28.4 Å². The number of methoxy groups -OCH3 is 1. The van der Waals surface area contributed by atoms with Gasteiger partial charge in [-0.2, -0.15) is 0 Å². The topological polar surface area (TPSA) is 63.4 Å². The second-order valence-electron chi connectivity index (χ2n) is 6.28. The summed E-state index contributed by atoms with van der Waals surface area (Å²) in [5, 5.41) is 4.99. The van der Waals surface area contributed by atoms with Crippen LogP contribution >= 0.6 is 11.6 Å². The predicted molar refractivity (Wildman–Crippen MR) is 94.7 cm³/mol. The highest BCUT2D eigenvalue weighted by atomic mass is 35.5. The van der Waals surface area contributed by atoms with Crippen LogP contribution in [0, 0.1) is 6.92 Å². The summed E-state index contributed by atoms with van der Waals surface area (Å²) in [6.45, 7) is 3.06. The summed E-state index contributed by atoms with van der Waals surface area (Å²) < 4.78 is 10.2. The van der Waals surface area contributed by atoms with Crippen molar-refractivity contribution in [1.29, 1.82) is 0 Å². The first-order valence-electron chi connectivity index (χ1n) is 8.24. The number of hydrogen-bond acceptors (Lipinski definition) is 3. The lowest BCUT2D eigenvalue weighted by atomic mass is 9.91. The Hall–Kier alpha value is -1.56. The van der Waals surface area contributed by atoms with Gasteiger partial charge in [-0.15, -0.1) is 0 Å². The lowest BCUT2D eigenvalue weighted by Crippen LogP contribution is -2.40. The number of aromatic nitrogens is 1. The highest BCUT2D eigenvalue weighted by Crippen LogP contribution is 2.32. The summed E-state index contributed by atoms with van der Waals surface area (Å²) in [7, 11) is 1.61. The number of carbonyl (C=O) groups excluding carboxylic acids is 1. The third kappa shape index (κ3) is 3.74. The molecule has 0 fully saturated rings. The number of benzene rings is 1. The number of aromatic amines is 1.